The van der Waals surface area contributed by atoms with E-state index in [4.69, 9.17) is 5.73 Å². The fourth-order valence-electron chi connectivity index (χ4n) is 4.24. The quantitative estimate of drug-likeness (QED) is 0.850. The van der Waals surface area contributed by atoms with Crippen LogP contribution in [-0.4, -0.2) is 54.1 Å². The Labute approximate surface area is 119 Å². The number of rotatable bonds is 3. The summed E-state index contributed by atoms with van der Waals surface area (Å²) in [5.41, 5.74) is 6.52. The molecule has 112 valence electrons. The molecule has 3 nitrogen and oxygen atoms in total. The molecular weight excluding hydrogens is 234 g/mol. The second-order valence-corrected chi connectivity index (χ2v) is 7.07. The maximum atomic E-state index is 6.25. The first-order valence-electron chi connectivity index (χ1n) is 8.21. The molecule has 0 aromatic carbocycles. The molecule has 2 saturated heterocycles. The van der Waals surface area contributed by atoms with Gasteiger partial charge in [0, 0.05) is 24.7 Å². The molecule has 0 radical (unpaired) electrons. The van der Waals surface area contributed by atoms with Crippen LogP contribution in [0.3, 0.4) is 0 Å². The molecule has 0 bridgehead atoms. The van der Waals surface area contributed by atoms with Crippen molar-refractivity contribution >= 4 is 0 Å². The van der Waals surface area contributed by atoms with E-state index < -0.39 is 0 Å². The van der Waals surface area contributed by atoms with Gasteiger partial charge in [-0.2, -0.15) is 0 Å². The summed E-state index contributed by atoms with van der Waals surface area (Å²) in [7, 11) is 0. The molecule has 0 saturated carbocycles. The summed E-state index contributed by atoms with van der Waals surface area (Å²) in [6.45, 7) is 15.2. The topological polar surface area (TPSA) is 32.5 Å². The molecular formula is C16H33N3. The highest BCUT2D eigenvalue weighted by Crippen LogP contribution is 2.37. The zero-order valence-corrected chi connectivity index (χ0v) is 13.4. The van der Waals surface area contributed by atoms with Crippen LogP contribution in [-0.2, 0) is 0 Å². The summed E-state index contributed by atoms with van der Waals surface area (Å²) in [5.74, 6) is 1.62. The highest BCUT2D eigenvalue weighted by molar-refractivity contribution is 5.00. The fourth-order valence-corrected chi connectivity index (χ4v) is 4.24. The van der Waals surface area contributed by atoms with E-state index in [2.05, 4.69) is 37.5 Å². The zero-order chi connectivity index (χ0) is 14.0. The van der Waals surface area contributed by atoms with Gasteiger partial charge in [-0.05, 0) is 57.7 Å². The number of hydrogen-bond donors (Lipinski definition) is 1. The number of nitrogens with two attached hydrogens (primary N) is 1. The third-order valence-electron chi connectivity index (χ3n) is 5.82. The van der Waals surface area contributed by atoms with E-state index in [1.807, 2.05) is 0 Å². The van der Waals surface area contributed by atoms with Crippen molar-refractivity contribution in [1.29, 1.82) is 0 Å². The third kappa shape index (κ3) is 2.98. The van der Waals surface area contributed by atoms with Crippen LogP contribution in [0.2, 0.25) is 0 Å². The molecule has 3 unspecified atom stereocenters. The lowest BCUT2D eigenvalue weighted by molar-refractivity contribution is -0.0467. The lowest BCUT2D eigenvalue weighted by Gasteiger charge is -2.55. The summed E-state index contributed by atoms with van der Waals surface area (Å²) >= 11 is 0. The van der Waals surface area contributed by atoms with Crippen LogP contribution >= 0.6 is 0 Å². The van der Waals surface area contributed by atoms with Crippen molar-refractivity contribution in [1.82, 2.24) is 9.80 Å². The first-order valence-corrected chi connectivity index (χ1v) is 8.21. The van der Waals surface area contributed by atoms with Crippen molar-refractivity contribution in [2.75, 3.05) is 32.7 Å². The molecule has 2 aliphatic heterocycles. The zero-order valence-electron chi connectivity index (χ0n) is 13.4. The van der Waals surface area contributed by atoms with E-state index in [0.29, 0.717) is 6.04 Å². The average molecular weight is 267 g/mol. The Bertz CT molecular complexity index is 284. The fraction of sp³-hybridized carbons (Fsp3) is 1.00. The Morgan fingerprint density at radius 2 is 1.79 bits per heavy atom. The molecule has 3 heteroatoms. The highest BCUT2D eigenvalue weighted by Gasteiger charge is 2.44. The first kappa shape index (κ1) is 15.3. The highest BCUT2D eigenvalue weighted by atomic mass is 15.3. The Hall–Kier alpha value is -0.120. The van der Waals surface area contributed by atoms with E-state index in [-0.39, 0.29) is 5.54 Å². The summed E-state index contributed by atoms with van der Waals surface area (Å²) in [6.07, 6.45) is 3.88. The van der Waals surface area contributed by atoms with E-state index in [0.717, 1.165) is 18.4 Å². The van der Waals surface area contributed by atoms with Gasteiger partial charge in [0.25, 0.3) is 0 Å². The largest absolute Gasteiger partial charge is 0.329 e. The second-order valence-electron chi connectivity index (χ2n) is 7.07. The van der Waals surface area contributed by atoms with Gasteiger partial charge in [0.05, 0.1) is 0 Å². The molecule has 0 aliphatic carbocycles. The summed E-state index contributed by atoms with van der Waals surface area (Å²) < 4.78 is 0. The van der Waals surface area contributed by atoms with Crippen molar-refractivity contribution in [2.45, 2.75) is 58.5 Å². The van der Waals surface area contributed by atoms with Crippen LogP contribution in [0.4, 0.5) is 0 Å². The van der Waals surface area contributed by atoms with Gasteiger partial charge in [-0.15, -0.1) is 0 Å². The van der Waals surface area contributed by atoms with Crippen molar-refractivity contribution in [3.05, 3.63) is 0 Å². The number of piperidine rings is 2. The smallest absolute Gasteiger partial charge is 0.0359 e. The molecule has 3 atom stereocenters. The van der Waals surface area contributed by atoms with Gasteiger partial charge in [0.2, 0.25) is 0 Å². The minimum absolute atomic E-state index is 0.272. The van der Waals surface area contributed by atoms with Gasteiger partial charge >= 0.3 is 0 Å². The lowest BCUT2D eigenvalue weighted by Crippen LogP contribution is -2.65. The van der Waals surface area contributed by atoms with Crippen LogP contribution in [0.15, 0.2) is 0 Å². The molecule has 2 aliphatic rings. The van der Waals surface area contributed by atoms with Crippen molar-refractivity contribution in [2.24, 2.45) is 17.6 Å². The molecule has 2 heterocycles. The van der Waals surface area contributed by atoms with Crippen LogP contribution in [0.25, 0.3) is 0 Å². The Kier molecular flexibility index (Phi) is 4.91. The Morgan fingerprint density at radius 1 is 1.16 bits per heavy atom. The Balaban J connectivity index is 2.12. The van der Waals surface area contributed by atoms with Gasteiger partial charge < -0.3 is 10.6 Å². The minimum atomic E-state index is 0.272. The number of nitrogens with zero attached hydrogens (tertiary/aromatic N) is 2. The molecule has 0 amide bonds. The van der Waals surface area contributed by atoms with Gasteiger partial charge in [0.1, 0.15) is 0 Å². The van der Waals surface area contributed by atoms with Crippen LogP contribution in [0, 0.1) is 11.8 Å². The molecule has 2 fully saturated rings. The number of hydrogen-bond acceptors (Lipinski definition) is 3. The molecule has 0 spiro atoms. The number of likely N-dealkylation sites (tertiary alicyclic amines) is 2. The summed E-state index contributed by atoms with van der Waals surface area (Å²) in [5, 5.41) is 0. The van der Waals surface area contributed by atoms with E-state index in [1.54, 1.807) is 0 Å². The van der Waals surface area contributed by atoms with Gasteiger partial charge in [0.15, 0.2) is 0 Å². The van der Waals surface area contributed by atoms with Crippen molar-refractivity contribution < 1.29 is 0 Å². The van der Waals surface area contributed by atoms with Crippen molar-refractivity contribution in [3.8, 4) is 0 Å². The molecule has 2 rings (SSSR count). The molecule has 0 aromatic heterocycles. The molecule has 2 N–H and O–H groups in total. The van der Waals surface area contributed by atoms with E-state index >= 15 is 0 Å². The minimum Gasteiger partial charge on any atom is -0.329 e. The molecule has 0 aromatic rings. The van der Waals surface area contributed by atoms with E-state index in [9.17, 15) is 0 Å². The van der Waals surface area contributed by atoms with Crippen LogP contribution in [0.1, 0.15) is 47.0 Å². The summed E-state index contributed by atoms with van der Waals surface area (Å²) in [4.78, 5) is 5.34. The van der Waals surface area contributed by atoms with Gasteiger partial charge in [-0.25, -0.2) is 0 Å². The maximum absolute atomic E-state index is 6.25. The third-order valence-corrected chi connectivity index (χ3v) is 5.82. The first-order chi connectivity index (χ1) is 9.02. The van der Waals surface area contributed by atoms with Crippen LogP contribution < -0.4 is 5.73 Å². The monoisotopic (exact) mass is 267 g/mol. The average Bonchev–Trinajstić information content (AvgIpc) is 2.43. The predicted octanol–water partition coefficient (Wildman–Crippen LogP) is 2.17. The lowest BCUT2D eigenvalue weighted by atomic mass is 9.78. The van der Waals surface area contributed by atoms with Crippen molar-refractivity contribution in [3.63, 3.8) is 0 Å². The van der Waals surface area contributed by atoms with Crippen LogP contribution in [0.5, 0.6) is 0 Å². The van der Waals surface area contributed by atoms with E-state index in [1.165, 1.54) is 45.4 Å². The molecule has 19 heavy (non-hydrogen) atoms. The standard InChI is InChI=1S/C16H33N3/c1-5-18-8-6-16(12-17,7-9-18)19-11-13(2)10-14(3)15(19)4/h13-15H,5-12,17H2,1-4H3. The normalized spacial score (nSPS) is 37.4. The predicted molar refractivity (Wildman–Crippen MR) is 82.2 cm³/mol. The SMILES string of the molecule is CCN1CCC(CN)(N2CC(C)CC(C)C2C)CC1. The second kappa shape index (κ2) is 6.11. The Morgan fingerprint density at radius 3 is 2.32 bits per heavy atom. The van der Waals surface area contributed by atoms with Gasteiger partial charge in [-0.1, -0.05) is 20.8 Å². The summed E-state index contributed by atoms with van der Waals surface area (Å²) in [6, 6.07) is 0.688. The maximum Gasteiger partial charge on any atom is 0.0359 e. The van der Waals surface area contributed by atoms with Gasteiger partial charge in [-0.3, -0.25) is 4.90 Å².